The molecule has 15 heavy (non-hydrogen) atoms. The van der Waals surface area contributed by atoms with Gasteiger partial charge in [0, 0.05) is 0 Å². The number of carboxylic acid groups (broad SMARTS) is 1. The first kappa shape index (κ1) is 10.9. The zero-order valence-electron chi connectivity index (χ0n) is 9.37. The molecule has 1 heterocycles. The van der Waals surface area contributed by atoms with Gasteiger partial charge in [0.15, 0.2) is 6.10 Å². The highest BCUT2D eigenvalue weighted by Crippen LogP contribution is 2.42. The van der Waals surface area contributed by atoms with E-state index in [1.165, 1.54) is 32.1 Å². The minimum absolute atomic E-state index is 0.163. The molecule has 2 atom stereocenters. The fourth-order valence-corrected chi connectivity index (χ4v) is 3.05. The molecule has 1 aliphatic heterocycles. The quantitative estimate of drug-likeness (QED) is 0.765. The van der Waals surface area contributed by atoms with E-state index >= 15 is 0 Å². The van der Waals surface area contributed by atoms with Crippen molar-refractivity contribution in [2.45, 2.75) is 63.6 Å². The minimum Gasteiger partial charge on any atom is -0.479 e. The van der Waals surface area contributed by atoms with Crippen molar-refractivity contribution in [1.29, 1.82) is 0 Å². The lowest BCUT2D eigenvalue weighted by atomic mass is 9.76. The van der Waals surface area contributed by atoms with Crippen LogP contribution in [0.1, 0.15) is 51.9 Å². The molecule has 2 rings (SSSR count). The number of hydrogen-bond acceptors (Lipinski definition) is 2. The van der Waals surface area contributed by atoms with Crippen LogP contribution in [0.2, 0.25) is 0 Å². The van der Waals surface area contributed by atoms with Crippen molar-refractivity contribution in [3.63, 3.8) is 0 Å². The van der Waals surface area contributed by atoms with Crippen LogP contribution in [0.4, 0.5) is 0 Å². The molecule has 3 heteroatoms. The van der Waals surface area contributed by atoms with Crippen LogP contribution in [0.25, 0.3) is 0 Å². The maximum atomic E-state index is 10.8. The molecule has 0 amide bonds. The zero-order chi connectivity index (χ0) is 10.9. The second kappa shape index (κ2) is 4.12. The van der Waals surface area contributed by atoms with E-state index in [9.17, 15) is 4.79 Å². The van der Waals surface area contributed by atoms with Crippen LogP contribution in [0.5, 0.6) is 0 Å². The molecule has 0 bridgehead atoms. The highest BCUT2D eigenvalue weighted by Gasteiger charge is 2.44. The van der Waals surface area contributed by atoms with Gasteiger partial charge < -0.3 is 9.84 Å². The summed E-state index contributed by atoms with van der Waals surface area (Å²) in [5, 5.41) is 8.92. The van der Waals surface area contributed by atoms with Crippen LogP contribution < -0.4 is 0 Å². The summed E-state index contributed by atoms with van der Waals surface area (Å²) in [7, 11) is 0. The van der Waals surface area contributed by atoms with Gasteiger partial charge in [-0.3, -0.25) is 0 Å². The Morgan fingerprint density at radius 1 is 1.27 bits per heavy atom. The van der Waals surface area contributed by atoms with Gasteiger partial charge in [0.25, 0.3) is 0 Å². The second-order valence-corrected chi connectivity index (χ2v) is 5.13. The molecule has 0 spiro atoms. The number of aliphatic carboxylic acids is 1. The minimum atomic E-state index is -0.797. The number of ether oxygens (including phenoxy) is 1. The smallest absolute Gasteiger partial charge is 0.332 e. The topological polar surface area (TPSA) is 46.5 Å². The Morgan fingerprint density at radius 3 is 2.47 bits per heavy atom. The maximum Gasteiger partial charge on any atom is 0.332 e. The largest absolute Gasteiger partial charge is 0.479 e. The van der Waals surface area contributed by atoms with Gasteiger partial charge in [-0.2, -0.15) is 0 Å². The number of hydrogen-bond donors (Lipinski definition) is 1. The van der Waals surface area contributed by atoms with Gasteiger partial charge in [0.05, 0.1) is 5.60 Å². The molecule has 1 saturated heterocycles. The molecule has 2 fully saturated rings. The van der Waals surface area contributed by atoms with Gasteiger partial charge >= 0.3 is 5.97 Å². The van der Waals surface area contributed by atoms with Crippen LogP contribution in [-0.4, -0.2) is 22.8 Å². The monoisotopic (exact) mass is 212 g/mol. The summed E-state index contributed by atoms with van der Waals surface area (Å²) in [5.41, 5.74) is -0.163. The third-order valence-corrected chi connectivity index (χ3v) is 4.06. The van der Waals surface area contributed by atoms with Crippen LogP contribution in [-0.2, 0) is 9.53 Å². The second-order valence-electron chi connectivity index (χ2n) is 5.13. The fourth-order valence-electron chi connectivity index (χ4n) is 3.05. The maximum absolute atomic E-state index is 10.8. The molecule has 3 nitrogen and oxygen atoms in total. The number of carbonyl (C=O) groups is 1. The van der Waals surface area contributed by atoms with E-state index < -0.39 is 12.1 Å². The standard InChI is InChI=1S/C12H20O3/c1-12(9-5-3-2-4-6-9)8-7-10(15-12)11(13)14/h9-10H,2-8H2,1H3,(H,13,14). The van der Waals surface area contributed by atoms with Gasteiger partial charge in [0.1, 0.15) is 0 Å². The predicted octanol–water partition coefficient (Wildman–Crippen LogP) is 2.59. The molecule has 0 aromatic carbocycles. The third kappa shape index (κ3) is 2.17. The van der Waals surface area contributed by atoms with Gasteiger partial charge in [-0.25, -0.2) is 4.79 Å². The molecule has 0 aromatic heterocycles. The fraction of sp³-hybridized carbons (Fsp3) is 0.917. The van der Waals surface area contributed by atoms with Crippen molar-refractivity contribution < 1.29 is 14.6 Å². The first-order valence-electron chi connectivity index (χ1n) is 6.02. The Bertz CT molecular complexity index is 245. The summed E-state index contributed by atoms with van der Waals surface area (Å²) in [6, 6.07) is 0. The summed E-state index contributed by atoms with van der Waals surface area (Å²) in [5.74, 6) is -0.217. The molecule has 2 unspecified atom stereocenters. The highest BCUT2D eigenvalue weighted by molar-refractivity contribution is 5.72. The first-order valence-corrected chi connectivity index (χ1v) is 6.02. The van der Waals surface area contributed by atoms with Crippen molar-refractivity contribution in [3.05, 3.63) is 0 Å². The van der Waals surface area contributed by atoms with E-state index in [-0.39, 0.29) is 5.60 Å². The van der Waals surface area contributed by atoms with E-state index in [0.29, 0.717) is 12.3 Å². The summed E-state index contributed by atoms with van der Waals surface area (Å²) in [6.45, 7) is 2.10. The molecular formula is C12H20O3. The molecule has 1 aliphatic carbocycles. The van der Waals surface area contributed by atoms with Gasteiger partial charge in [-0.1, -0.05) is 19.3 Å². The van der Waals surface area contributed by atoms with Gasteiger partial charge in [-0.05, 0) is 38.5 Å². The van der Waals surface area contributed by atoms with Crippen molar-refractivity contribution in [2.24, 2.45) is 5.92 Å². The Morgan fingerprint density at radius 2 is 1.93 bits per heavy atom. The van der Waals surface area contributed by atoms with Crippen LogP contribution >= 0.6 is 0 Å². The van der Waals surface area contributed by atoms with Crippen molar-refractivity contribution >= 4 is 5.97 Å². The lowest BCUT2D eigenvalue weighted by Crippen LogP contribution is -2.37. The van der Waals surface area contributed by atoms with E-state index in [2.05, 4.69) is 6.92 Å². The van der Waals surface area contributed by atoms with E-state index in [1.807, 2.05) is 0 Å². The molecule has 0 radical (unpaired) electrons. The average molecular weight is 212 g/mol. The Balaban J connectivity index is 1.98. The zero-order valence-corrected chi connectivity index (χ0v) is 9.37. The summed E-state index contributed by atoms with van der Waals surface area (Å²) in [4.78, 5) is 10.8. The van der Waals surface area contributed by atoms with Crippen LogP contribution in [0.15, 0.2) is 0 Å². The summed E-state index contributed by atoms with van der Waals surface area (Å²) in [6.07, 6.45) is 7.34. The van der Waals surface area contributed by atoms with E-state index in [4.69, 9.17) is 9.84 Å². The third-order valence-electron chi connectivity index (χ3n) is 4.06. The lowest BCUT2D eigenvalue weighted by molar-refractivity contribution is -0.157. The normalized spacial score (nSPS) is 38.1. The van der Waals surface area contributed by atoms with Crippen molar-refractivity contribution in [2.75, 3.05) is 0 Å². The summed E-state index contributed by atoms with van der Waals surface area (Å²) >= 11 is 0. The Labute approximate surface area is 90.8 Å². The molecule has 1 N–H and O–H groups in total. The predicted molar refractivity (Wildman–Crippen MR) is 56.7 cm³/mol. The Hall–Kier alpha value is -0.570. The molecular weight excluding hydrogens is 192 g/mol. The molecule has 2 aliphatic rings. The van der Waals surface area contributed by atoms with Crippen LogP contribution in [0, 0.1) is 5.92 Å². The average Bonchev–Trinajstić information content (AvgIpc) is 2.64. The van der Waals surface area contributed by atoms with Crippen LogP contribution in [0.3, 0.4) is 0 Å². The van der Waals surface area contributed by atoms with Gasteiger partial charge in [-0.15, -0.1) is 0 Å². The number of rotatable bonds is 2. The highest BCUT2D eigenvalue weighted by atomic mass is 16.5. The van der Waals surface area contributed by atoms with Crippen molar-refractivity contribution in [1.82, 2.24) is 0 Å². The lowest BCUT2D eigenvalue weighted by Gasteiger charge is -2.36. The molecule has 1 saturated carbocycles. The number of carboxylic acids is 1. The van der Waals surface area contributed by atoms with Crippen molar-refractivity contribution in [3.8, 4) is 0 Å². The molecule has 0 aromatic rings. The summed E-state index contributed by atoms with van der Waals surface area (Å²) < 4.78 is 5.75. The SMILES string of the molecule is CC1(C2CCCCC2)CCC(C(=O)O)O1. The molecule has 86 valence electrons. The Kier molecular flexibility index (Phi) is 3.01. The van der Waals surface area contributed by atoms with E-state index in [1.54, 1.807) is 0 Å². The van der Waals surface area contributed by atoms with E-state index in [0.717, 1.165) is 6.42 Å². The first-order chi connectivity index (χ1) is 7.12. The van der Waals surface area contributed by atoms with Gasteiger partial charge in [0.2, 0.25) is 0 Å².